The van der Waals surface area contributed by atoms with Crippen molar-refractivity contribution >= 4 is 28.6 Å². The van der Waals surface area contributed by atoms with Crippen LogP contribution in [0.15, 0.2) is 63.3 Å². The van der Waals surface area contributed by atoms with Crippen LogP contribution >= 0.6 is 22.9 Å². The number of halogens is 2. The Morgan fingerprint density at radius 3 is 2.40 bits per heavy atom. The van der Waals surface area contributed by atoms with E-state index in [1.807, 2.05) is 17.5 Å². The van der Waals surface area contributed by atoms with Gasteiger partial charge in [-0.2, -0.15) is 0 Å². The van der Waals surface area contributed by atoms with Crippen LogP contribution in [0.2, 0.25) is 5.02 Å². The quantitative estimate of drug-likeness (QED) is 0.651. The van der Waals surface area contributed by atoms with Crippen LogP contribution < -0.4 is 4.87 Å². The maximum Gasteiger partial charge on any atom is 0.279 e. The summed E-state index contributed by atoms with van der Waals surface area (Å²) in [6.45, 7) is 0. The fourth-order valence-corrected chi connectivity index (χ4v) is 2.47. The third-order valence-corrected chi connectivity index (χ3v) is 3.60. The van der Waals surface area contributed by atoms with Crippen molar-refractivity contribution in [3.63, 3.8) is 0 Å². The van der Waals surface area contributed by atoms with Gasteiger partial charge in [-0.05, 0) is 48.5 Å². The lowest BCUT2D eigenvalue weighted by Crippen LogP contribution is -1.88. The van der Waals surface area contributed by atoms with Crippen molar-refractivity contribution in [3.8, 4) is 11.3 Å². The topological polar surface area (TPSA) is 25.5 Å². The minimum absolute atomic E-state index is 0.283. The fraction of sp³-hybridized carbons (Fsp3) is 0. The Kier molecular flexibility index (Phi) is 3.67. The third kappa shape index (κ3) is 2.98. The van der Waals surface area contributed by atoms with Crippen LogP contribution in [0.1, 0.15) is 0 Å². The second-order valence-electron chi connectivity index (χ2n) is 4.06. The molecule has 2 nitrogen and oxygen atoms in total. The van der Waals surface area contributed by atoms with Crippen molar-refractivity contribution in [2.75, 3.05) is 0 Å². The lowest BCUT2D eigenvalue weighted by molar-refractivity contribution is 0.539. The highest BCUT2D eigenvalue weighted by Crippen LogP contribution is 2.22. The van der Waals surface area contributed by atoms with Crippen LogP contribution in [0.4, 0.5) is 10.1 Å². The van der Waals surface area contributed by atoms with Crippen molar-refractivity contribution in [2.24, 2.45) is 4.99 Å². The molecule has 0 spiro atoms. The first-order valence-corrected chi connectivity index (χ1v) is 7.11. The molecule has 3 rings (SSSR count). The lowest BCUT2D eigenvalue weighted by Gasteiger charge is -1.95. The van der Waals surface area contributed by atoms with Gasteiger partial charge in [-0.1, -0.05) is 22.9 Å². The van der Waals surface area contributed by atoms with E-state index in [4.69, 9.17) is 16.0 Å². The first kappa shape index (κ1) is 13.1. The van der Waals surface area contributed by atoms with E-state index in [1.54, 1.807) is 24.3 Å². The smallest absolute Gasteiger partial charge is 0.279 e. The van der Waals surface area contributed by atoms with Crippen LogP contribution in [0.25, 0.3) is 11.3 Å². The van der Waals surface area contributed by atoms with E-state index in [0.29, 0.717) is 15.6 Å². The fourth-order valence-electron chi connectivity index (χ4n) is 1.66. The molecule has 0 saturated carbocycles. The van der Waals surface area contributed by atoms with Gasteiger partial charge >= 0.3 is 0 Å². The van der Waals surface area contributed by atoms with Crippen LogP contribution in [0.3, 0.4) is 0 Å². The summed E-state index contributed by atoms with van der Waals surface area (Å²) in [5.41, 5.74) is 1.59. The molecule has 20 heavy (non-hydrogen) atoms. The predicted octanol–water partition coefficient (Wildman–Crippen LogP) is 5.03. The van der Waals surface area contributed by atoms with Crippen molar-refractivity contribution in [3.05, 3.63) is 69.6 Å². The Labute approximate surface area is 123 Å². The third-order valence-electron chi connectivity index (χ3n) is 2.64. The highest BCUT2D eigenvalue weighted by Gasteiger charge is 2.02. The van der Waals surface area contributed by atoms with Crippen molar-refractivity contribution < 1.29 is 8.81 Å². The molecule has 100 valence electrons. The number of hydrogen-bond donors (Lipinski definition) is 0. The summed E-state index contributed by atoms with van der Waals surface area (Å²) in [5.74, 6) is 0.446. The summed E-state index contributed by atoms with van der Waals surface area (Å²) in [4.78, 5) is 4.82. The molecule has 3 aromatic rings. The maximum absolute atomic E-state index is 12.8. The van der Waals surface area contributed by atoms with Crippen molar-refractivity contribution in [1.29, 1.82) is 0 Å². The SMILES string of the molecule is Fc1ccc(N=c2oc(-c3ccc(Cl)cc3)cs2)cc1. The summed E-state index contributed by atoms with van der Waals surface area (Å²) < 4.78 is 18.5. The van der Waals surface area contributed by atoms with E-state index >= 15 is 0 Å². The molecule has 0 atom stereocenters. The standard InChI is InChI=1S/C15H9ClFNOS/c16-11-3-1-10(2-4-11)14-9-20-15(19-14)18-13-7-5-12(17)6-8-13/h1-9H. The summed E-state index contributed by atoms with van der Waals surface area (Å²) in [6, 6.07) is 13.3. The molecular weight excluding hydrogens is 297 g/mol. The summed E-state index contributed by atoms with van der Waals surface area (Å²) in [6.07, 6.45) is 0. The molecule has 1 heterocycles. The normalized spacial score (nSPS) is 11.8. The zero-order valence-electron chi connectivity index (χ0n) is 10.2. The van der Waals surface area contributed by atoms with Gasteiger partial charge in [0.05, 0.1) is 5.69 Å². The second-order valence-corrected chi connectivity index (χ2v) is 5.32. The number of rotatable bonds is 2. The molecule has 0 bridgehead atoms. The van der Waals surface area contributed by atoms with Gasteiger partial charge in [0, 0.05) is 16.0 Å². The molecule has 0 saturated heterocycles. The van der Waals surface area contributed by atoms with E-state index in [9.17, 15) is 4.39 Å². The summed E-state index contributed by atoms with van der Waals surface area (Å²) >= 11 is 7.23. The molecule has 0 aliphatic rings. The molecule has 0 N–H and O–H groups in total. The lowest BCUT2D eigenvalue weighted by atomic mass is 10.2. The monoisotopic (exact) mass is 305 g/mol. The zero-order chi connectivity index (χ0) is 13.9. The number of hydrogen-bond acceptors (Lipinski definition) is 3. The average molecular weight is 306 g/mol. The van der Waals surface area contributed by atoms with Gasteiger partial charge in [-0.3, -0.25) is 0 Å². The number of nitrogens with zero attached hydrogens (tertiary/aromatic N) is 1. The molecule has 1 aromatic heterocycles. The molecule has 5 heteroatoms. The molecule has 0 fully saturated rings. The molecule has 2 aromatic carbocycles. The molecule has 0 aliphatic heterocycles. The predicted molar refractivity (Wildman–Crippen MR) is 78.7 cm³/mol. The van der Waals surface area contributed by atoms with E-state index in [1.165, 1.54) is 23.5 Å². The van der Waals surface area contributed by atoms with Gasteiger partial charge in [0.1, 0.15) is 11.6 Å². The van der Waals surface area contributed by atoms with Crippen LogP contribution in [-0.4, -0.2) is 0 Å². The first-order chi connectivity index (χ1) is 9.70. The highest BCUT2D eigenvalue weighted by atomic mass is 35.5. The van der Waals surface area contributed by atoms with E-state index in [0.717, 1.165) is 11.3 Å². The van der Waals surface area contributed by atoms with Gasteiger partial charge in [0.15, 0.2) is 0 Å². The Bertz CT molecular complexity index is 775. The second kappa shape index (κ2) is 5.61. The summed E-state index contributed by atoms with van der Waals surface area (Å²) in [7, 11) is 0. The van der Waals surface area contributed by atoms with Gasteiger partial charge < -0.3 is 4.42 Å². The van der Waals surface area contributed by atoms with Crippen molar-refractivity contribution in [2.45, 2.75) is 0 Å². The molecule has 0 amide bonds. The van der Waals surface area contributed by atoms with Crippen LogP contribution in [0.5, 0.6) is 0 Å². The minimum Gasteiger partial charge on any atom is -0.429 e. The Balaban J connectivity index is 1.93. The largest absolute Gasteiger partial charge is 0.429 e. The summed E-state index contributed by atoms with van der Waals surface area (Å²) in [5, 5.41) is 2.56. The molecule has 0 unspecified atom stereocenters. The highest BCUT2D eigenvalue weighted by molar-refractivity contribution is 7.07. The van der Waals surface area contributed by atoms with Crippen molar-refractivity contribution in [1.82, 2.24) is 0 Å². The minimum atomic E-state index is -0.283. The van der Waals surface area contributed by atoms with E-state index in [-0.39, 0.29) is 5.82 Å². The Morgan fingerprint density at radius 2 is 1.70 bits per heavy atom. The van der Waals surface area contributed by atoms with Crippen LogP contribution in [-0.2, 0) is 0 Å². The van der Waals surface area contributed by atoms with E-state index in [2.05, 4.69) is 4.99 Å². The molecule has 0 aliphatic carbocycles. The first-order valence-electron chi connectivity index (χ1n) is 5.85. The molecular formula is C15H9ClFNOS. The van der Waals surface area contributed by atoms with Gasteiger partial charge in [-0.25, -0.2) is 9.38 Å². The van der Waals surface area contributed by atoms with Gasteiger partial charge in [0.2, 0.25) is 0 Å². The number of benzene rings is 2. The van der Waals surface area contributed by atoms with Gasteiger partial charge in [0.25, 0.3) is 4.87 Å². The maximum atomic E-state index is 12.8. The Hall–Kier alpha value is -1.91. The van der Waals surface area contributed by atoms with Gasteiger partial charge in [-0.15, -0.1) is 0 Å². The molecule has 0 radical (unpaired) electrons. The van der Waals surface area contributed by atoms with Crippen LogP contribution in [0, 0.1) is 5.82 Å². The zero-order valence-corrected chi connectivity index (χ0v) is 11.8. The average Bonchev–Trinajstić information content (AvgIpc) is 2.91. The van der Waals surface area contributed by atoms with E-state index < -0.39 is 0 Å². The Morgan fingerprint density at radius 1 is 1.00 bits per heavy atom.